The number of hydrogen-bond donors (Lipinski definition) is 1. The van der Waals surface area contributed by atoms with Crippen molar-refractivity contribution in [1.82, 2.24) is 4.90 Å². The molecule has 2 aromatic rings. The highest BCUT2D eigenvalue weighted by atomic mass is 16.5. The smallest absolute Gasteiger partial charge is 0.251 e. The van der Waals surface area contributed by atoms with Gasteiger partial charge in [-0.2, -0.15) is 0 Å². The molecule has 1 unspecified atom stereocenters. The average Bonchev–Trinajstić information content (AvgIpc) is 2.83. The van der Waals surface area contributed by atoms with Gasteiger partial charge in [0.25, 0.3) is 5.91 Å². The van der Waals surface area contributed by atoms with Gasteiger partial charge in [0.15, 0.2) is 0 Å². The van der Waals surface area contributed by atoms with Crippen molar-refractivity contribution in [1.29, 1.82) is 0 Å². The molecule has 1 N–H and O–H groups in total. The lowest BCUT2D eigenvalue weighted by molar-refractivity contribution is -0.142. The number of nitrogens with zero attached hydrogens (tertiary/aromatic N) is 2. The predicted octanol–water partition coefficient (Wildman–Crippen LogP) is 5.44. The second kappa shape index (κ2) is 12.6. The number of aliphatic hydroxyl groups excluding tert-OH is 1. The zero-order valence-electron chi connectivity index (χ0n) is 21.1. The Bertz CT molecular complexity index is 912. The normalized spacial score (nSPS) is 15.2. The second-order valence-electron chi connectivity index (χ2n) is 9.90. The first-order valence-corrected chi connectivity index (χ1v) is 12.5. The molecule has 0 radical (unpaired) electrons. The Hall–Kier alpha value is -2.79. The summed E-state index contributed by atoms with van der Waals surface area (Å²) in [6, 6.07) is 18.9. The van der Waals surface area contributed by atoms with Crippen LogP contribution in [0.15, 0.2) is 66.2 Å². The molecule has 1 aliphatic heterocycles. The van der Waals surface area contributed by atoms with Gasteiger partial charge in [-0.25, -0.2) is 0 Å². The SMILES string of the molecule is CC(C)=CCN(c1ccc(OCc2ccccc2)cc1)C1CCN(C(=O)C(O)CC(C)C)CC1. The molecular formula is C29H40N2O3. The zero-order chi connectivity index (χ0) is 24.5. The molecule has 0 aliphatic carbocycles. The standard InChI is InChI=1S/C29H40N2O3/c1-22(2)14-19-31(26-15-17-30(18-16-26)29(33)28(32)20-23(3)4)25-10-12-27(13-11-25)34-21-24-8-6-5-7-9-24/h5-14,23,26,28,32H,15-21H2,1-4H3. The second-order valence-corrected chi connectivity index (χ2v) is 9.90. The summed E-state index contributed by atoms with van der Waals surface area (Å²) in [6.45, 7) is 11.1. The van der Waals surface area contributed by atoms with Crippen molar-refractivity contribution < 1.29 is 14.6 Å². The van der Waals surface area contributed by atoms with Gasteiger partial charge in [-0.3, -0.25) is 4.79 Å². The Labute approximate surface area is 205 Å². The van der Waals surface area contributed by atoms with Crippen molar-refractivity contribution in [2.75, 3.05) is 24.5 Å². The van der Waals surface area contributed by atoms with E-state index in [9.17, 15) is 9.90 Å². The van der Waals surface area contributed by atoms with E-state index in [1.807, 2.05) is 49.1 Å². The van der Waals surface area contributed by atoms with E-state index in [-0.39, 0.29) is 5.91 Å². The van der Waals surface area contributed by atoms with E-state index in [2.05, 4.69) is 49.1 Å². The van der Waals surface area contributed by atoms with Gasteiger partial charge < -0.3 is 19.6 Å². The summed E-state index contributed by atoms with van der Waals surface area (Å²) in [6.07, 6.45) is 3.67. The molecule has 5 heteroatoms. The number of carbonyl (C=O) groups excluding carboxylic acids is 1. The number of amides is 1. The average molecular weight is 465 g/mol. The van der Waals surface area contributed by atoms with Crippen LogP contribution in [0.2, 0.25) is 0 Å². The lowest BCUT2D eigenvalue weighted by Gasteiger charge is -2.40. The summed E-state index contributed by atoms with van der Waals surface area (Å²) >= 11 is 0. The molecular weight excluding hydrogens is 424 g/mol. The monoisotopic (exact) mass is 464 g/mol. The third-order valence-corrected chi connectivity index (χ3v) is 6.31. The van der Waals surface area contributed by atoms with Gasteiger partial charge in [0, 0.05) is 31.4 Å². The number of anilines is 1. The van der Waals surface area contributed by atoms with E-state index in [0.29, 0.717) is 38.1 Å². The van der Waals surface area contributed by atoms with Crippen LogP contribution in [0, 0.1) is 5.92 Å². The van der Waals surface area contributed by atoms with Crippen molar-refractivity contribution in [3.05, 3.63) is 71.8 Å². The molecule has 184 valence electrons. The van der Waals surface area contributed by atoms with Crippen LogP contribution >= 0.6 is 0 Å². The van der Waals surface area contributed by atoms with Crippen molar-refractivity contribution in [2.45, 2.75) is 65.7 Å². The maximum Gasteiger partial charge on any atom is 0.251 e. The molecule has 5 nitrogen and oxygen atoms in total. The highest BCUT2D eigenvalue weighted by Gasteiger charge is 2.30. The van der Waals surface area contributed by atoms with Crippen LogP contribution in [0.5, 0.6) is 5.75 Å². The van der Waals surface area contributed by atoms with Gasteiger partial charge in [-0.05, 0) is 68.9 Å². The number of ether oxygens (including phenoxy) is 1. The molecule has 1 saturated heterocycles. The summed E-state index contributed by atoms with van der Waals surface area (Å²) < 4.78 is 5.96. The lowest BCUT2D eigenvalue weighted by Crippen LogP contribution is -2.49. The van der Waals surface area contributed by atoms with E-state index in [4.69, 9.17) is 4.74 Å². The quantitative estimate of drug-likeness (QED) is 0.476. The van der Waals surface area contributed by atoms with E-state index in [0.717, 1.165) is 36.4 Å². The zero-order valence-corrected chi connectivity index (χ0v) is 21.1. The number of aliphatic hydroxyl groups is 1. The Kier molecular flexibility index (Phi) is 9.58. The van der Waals surface area contributed by atoms with E-state index < -0.39 is 6.10 Å². The summed E-state index contributed by atoms with van der Waals surface area (Å²) in [4.78, 5) is 16.9. The molecule has 1 atom stereocenters. The van der Waals surface area contributed by atoms with Crippen LogP contribution in [-0.2, 0) is 11.4 Å². The highest BCUT2D eigenvalue weighted by molar-refractivity contribution is 5.80. The molecule has 0 aromatic heterocycles. The molecule has 1 aliphatic rings. The summed E-state index contributed by atoms with van der Waals surface area (Å²) in [5.74, 6) is 1.04. The molecule has 1 fully saturated rings. The van der Waals surface area contributed by atoms with Crippen molar-refractivity contribution in [3.8, 4) is 5.75 Å². The Balaban J connectivity index is 1.63. The molecule has 1 amide bonds. The highest BCUT2D eigenvalue weighted by Crippen LogP contribution is 2.27. The summed E-state index contributed by atoms with van der Waals surface area (Å²) in [5.41, 5.74) is 3.60. The molecule has 0 saturated carbocycles. The van der Waals surface area contributed by atoms with Crippen LogP contribution < -0.4 is 9.64 Å². The number of hydrogen-bond acceptors (Lipinski definition) is 4. The largest absolute Gasteiger partial charge is 0.489 e. The molecule has 2 aromatic carbocycles. The Morgan fingerprint density at radius 1 is 1.09 bits per heavy atom. The summed E-state index contributed by atoms with van der Waals surface area (Å²) in [5, 5.41) is 10.3. The number of rotatable bonds is 10. The minimum atomic E-state index is -0.887. The van der Waals surface area contributed by atoms with Gasteiger partial charge in [0.05, 0.1) is 0 Å². The topological polar surface area (TPSA) is 53.0 Å². The van der Waals surface area contributed by atoms with Crippen LogP contribution in [0.4, 0.5) is 5.69 Å². The number of piperidine rings is 1. The minimum absolute atomic E-state index is 0.122. The fourth-order valence-corrected chi connectivity index (χ4v) is 4.38. The fourth-order valence-electron chi connectivity index (χ4n) is 4.38. The molecule has 1 heterocycles. The molecule has 3 rings (SSSR count). The Morgan fingerprint density at radius 3 is 2.32 bits per heavy atom. The Morgan fingerprint density at radius 2 is 1.74 bits per heavy atom. The van der Waals surface area contributed by atoms with Crippen molar-refractivity contribution in [3.63, 3.8) is 0 Å². The molecule has 0 bridgehead atoms. The number of allylic oxidation sites excluding steroid dienone is 1. The lowest BCUT2D eigenvalue weighted by atomic mass is 9.99. The van der Waals surface area contributed by atoms with Crippen LogP contribution in [0.3, 0.4) is 0 Å². The summed E-state index contributed by atoms with van der Waals surface area (Å²) in [7, 11) is 0. The van der Waals surface area contributed by atoms with Crippen LogP contribution in [-0.4, -0.2) is 47.7 Å². The van der Waals surface area contributed by atoms with Gasteiger partial charge in [-0.1, -0.05) is 55.8 Å². The van der Waals surface area contributed by atoms with E-state index >= 15 is 0 Å². The third-order valence-electron chi connectivity index (χ3n) is 6.31. The molecule has 0 spiro atoms. The number of benzene rings is 2. The van der Waals surface area contributed by atoms with Crippen molar-refractivity contribution in [2.24, 2.45) is 5.92 Å². The van der Waals surface area contributed by atoms with Gasteiger partial charge >= 0.3 is 0 Å². The predicted molar refractivity (Wildman–Crippen MR) is 139 cm³/mol. The van der Waals surface area contributed by atoms with Gasteiger partial charge in [0.2, 0.25) is 0 Å². The minimum Gasteiger partial charge on any atom is -0.489 e. The van der Waals surface area contributed by atoms with Crippen LogP contribution in [0.25, 0.3) is 0 Å². The number of carbonyl (C=O) groups is 1. The van der Waals surface area contributed by atoms with Gasteiger partial charge in [-0.15, -0.1) is 0 Å². The molecule has 34 heavy (non-hydrogen) atoms. The third kappa shape index (κ3) is 7.63. The first kappa shape index (κ1) is 25.8. The first-order valence-electron chi connectivity index (χ1n) is 12.5. The van der Waals surface area contributed by atoms with E-state index in [1.54, 1.807) is 0 Å². The van der Waals surface area contributed by atoms with Gasteiger partial charge in [0.1, 0.15) is 18.5 Å². The van der Waals surface area contributed by atoms with E-state index in [1.165, 1.54) is 5.57 Å². The number of likely N-dealkylation sites (tertiary alicyclic amines) is 1. The van der Waals surface area contributed by atoms with Crippen LogP contribution in [0.1, 0.15) is 52.5 Å². The first-order chi connectivity index (χ1) is 16.3. The van der Waals surface area contributed by atoms with Crippen molar-refractivity contribution >= 4 is 11.6 Å². The maximum absolute atomic E-state index is 12.6. The fraction of sp³-hybridized carbons (Fsp3) is 0.483. The maximum atomic E-state index is 12.6.